The van der Waals surface area contributed by atoms with Crippen molar-refractivity contribution >= 4 is 23.1 Å². The number of quaternary nitrogens is 1. The van der Waals surface area contributed by atoms with Gasteiger partial charge in [-0.15, -0.1) is 0 Å². The zero-order valence-corrected chi connectivity index (χ0v) is 19.8. The molecule has 0 bridgehead atoms. The number of morpholine rings is 1. The third-order valence-corrected chi connectivity index (χ3v) is 6.32. The van der Waals surface area contributed by atoms with Crippen LogP contribution in [0.25, 0.3) is 11.1 Å². The van der Waals surface area contributed by atoms with Crippen LogP contribution < -0.4 is 15.0 Å². The molecule has 0 atom stereocenters. The van der Waals surface area contributed by atoms with Gasteiger partial charge in [0.05, 0.1) is 18.9 Å². The number of benzene rings is 2. The average Bonchev–Trinajstić information content (AvgIpc) is 2.83. The summed E-state index contributed by atoms with van der Waals surface area (Å²) in [5.41, 5.74) is 6.53. The van der Waals surface area contributed by atoms with Crippen LogP contribution in [0.4, 0.5) is 17.2 Å². The Kier molecular flexibility index (Phi) is 6.58. The van der Waals surface area contributed by atoms with Crippen LogP contribution in [0.15, 0.2) is 54.7 Å². The van der Waals surface area contributed by atoms with Gasteiger partial charge in [0, 0.05) is 50.6 Å². The maximum Gasteiger partial charge on any atom is 0.265 e. The van der Waals surface area contributed by atoms with Crippen molar-refractivity contribution in [2.75, 3.05) is 50.9 Å². The van der Waals surface area contributed by atoms with E-state index in [1.165, 1.54) is 11.1 Å². The van der Waals surface area contributed by atoms with Gasteiger partial charge in [0.2, 0.25) is 5.82 Å². The molecule has 1 amide bonds. The van der Waals surface area contributed by atoms with E-state index >= 15 is 0 Å². The number of anilines is 1. The number of ether oxygens (including phenoxy) is 2. The molecule has 0 unspecified atom stereocenters. The quantitative estimate of drug-likeness (QED) is 0.574. The Hall–Kier alpha value is -3.26. The Labute approximate surface area is 200 Å². The summed E-state index contributed by atoms with van der Waals surface area (Å²) >= 11 is 0. The molecule has 0 aliphatic carbocycles. The molecule has 1 saturated heterocycles. The summed E-state index contributed by atoms with van der Waals surface area (Å²) in [5, 5.41) is 2.10. The molecule has 3 aromatic rings. The average molecular weight is 460 g/mol. The van der Waals surface area contributed by atoms with Crippen molar-refractivity contribution < 1.29 is 19.6 Å². The predicted molar refractivity (Wildman–Crippen MR) is 132 cm³/mol. The second-order valence-electron chi connectivity index (χ2n) is 9.01. The van der Waals surface area contributed by atoms with Crippen LogP contribution in [-0.4, -0.2) is 61.8 Å². The van der Waals surface area contributed by atoms with Crippen molar-refractivity contribution in [1.29, 1.82) is 0 Å². The highest BCUT2D eigenvalue weighted by molar-refractivity contribution is 5.98. The zero-order chi connectivity index (χ0) is 23.5. The number of pyridine rings is 1. The number of fused-ring (bicyclic) bond motifs is 1. The Morgan fingerprint density at radius 3 is 2.50 bits per heavy atom. The highest BCUT2D eigenvalue weighted by atomic mass is 16.5. The molecule has 2 aromatic carbocycles. The van der Waals surface area contributed by atoms with Crippen molar-refractivity contribution in [2.24, 2.45) is 0 Å². The SMILES string of the molecule is Cc1cc(C)cc([NH2+]c2cc(-c3ccc4c(c3)N(CCN3CCOCC3)C(=O)CO4)ccn2)c1. The van der Waals surface area contributed by atoms with Crippen molar-refractivity contribution in [3.8, 4) is 16.9 Å². The van der Waals surface area contributed by atoms with Crippen LogP contribution >= 0.6 is 0 Å². The maximum atomic E-state index is 12.7. The maximum absolute atomic E-state index is 12.7. The molecule has 2 aliphatic rings. The second-order valence-corrected chi connectivity index (χ2v) is 9.01. The van der Waals surface area contributed by atoms with E-state index in [0.717, 1.165) is 66.9 Å². The minimum Gasteiger partial charge on any atom is -0.482 e. The van der Waals surface area contributed by atoms with Gasteiger partial charge in [-0.25, -0.2) is 4.98 Å². The minimum absolute atomic E-state index is 0.00326. The number of aromatic nitrogens is 1. The van der Waals surface area contributed by atoms with E-state index in [9.17, 15) is 4.79 Å². The van der Waals surface area contributed by atoms with E-state index in [0.29, 0.717) is 6.54 Å². The molecule has 5 rings (SSSR count). The third kappa shape index (κ3) is 5.12. The van der Waals surface area contributed by atoms with Gasteiger partial charge in [0.15, 0.2) is 6.61 Å². The number of nitrogens with zero attached hydrogens (tertiary/aromatic N) is 3. The second kappa shape index (κ2) is 9.93. The molecule has 1 fully saturated rings. The lowest BCUT2D eigenvalue weighted by molar-refractivity contribution is -0.483. The van der Waals surface area contributed by atoms with E-state index in [1.807, 2.05) is 29.3 Å². The fraction of sp³-hybridized carbons (Fsp3) is 0.333. The smallest absolute Gasteiger partial charge is 0.265 e. The lowest BCUT2D eigenvalue weighted by Gasteiger charge is -2.33. The topological polar surface area (TPSA) is 71.5 Å². The molecule has 2 N–H and O–H groups in total. The van der Waals surface area contributed by atoms with E-state index in [4.69, 9.17) is 9.47 Å². The molecule has 1 aromatic heterocycles. The van der Waals surface area contributed by atoms with Gasteiger partial charge in [-0.05, 0) is 54.3 Å². The third-order valence-electron chi connectivity index (χ3n) is 6.32. The largest absolute Gasteiger partial charge is 0.482 e. The van der Waals surface area contributed by atoms with E-state index in [2.05, 4.69) is 59.4 Å². The normalized spacial score (nSPS) is 16.3. The molecule has 0 radical (unpaired) electrons. The summed E-state index contributed by atoms with van der Waals surface area (Å²) in [4.78, 5) is 21.5. The van der Waals surface area contributed by atoms with Crippen LogP contribution in [0, 0.1) is 13.8 Å². The van der Waals surface area contributed by atoms with Crippen molar-refractivity contribution in [1.82, 2.24) is 9.88 Å². The summed E-state index contributed by atoms with van der Waals surface area (Å²) in [6.07, 6.45) is 1.83. The molecule has 7 nitrogen and oxygen atoms in total. The van der Waals surface area contributed by atoms with Crippen molar-refractivity contribution in [3.63, 3.8) is 0 Å². The van der Waals surface area contributed by atoms with Crippen LogP contribution in [0.5, 0.6) is 5.75 Å². The number of hydrogen-bond donors (Lipinski definition) is 1. The molecule has 176 valence electrons. The van der Waals surface area contributed by atoms with Gasteiger partial charge in [0.1, 0.15) is 11.4 Å². The van der Waals surface area contributed by atoms with Crippen LogP contribution in [0.1, 0.15) is 11.1 Å². The van der Waals surface area contributed by atoms with Crippen molar-refractivity contribution in [3.05, 3.63) is 65.9 Å². The van der Waals surface area contributed by atoms with Gasteiger partial charge in [0.25, 0.3) is 5.91 Å². The molecule has 7 heteroatoms. The molecule has 3 heterocycles. The molecule has 34 heavy (non-hydrogen) atoms. The van der Waals surface area contributed by atoms with Crippen molar-refractivity contribution in [2.45, 2.75) is 13.8 Å². The highest BCUT2D eigenvalue weighted by Gasteiger charge is 2.26. The Morgan fingerprint density at radius 1 is 0.941 bits per heavy atom. The Morgan fingerprint density at radius 2 is 1.71 bits per heavy atom. The van der Waals surface area contributed by atoms with Gasteiger partial charge in [-0.1, -0.05) is 12.1 Å². The number of carbonyl (C=O) groups is 1. The van der Waals surface area contributed by atoms with E-state index in [-0.39, 0.29) is 12.5 Å². The summed E-state index contributed by atoms with van der Waals surface area (Å²) in [5.74, 6) is 1.65. The monoisotopic (exact) mass is 459 g/mol. The molecule has 0 saturated carbocycles. The standard InChI is InChI=1S/C27H30N4O3/c1-19-13-20(2)15-23(14-19)29-26-17-22(5-6-28-26)21-3-4-25-24(16-21)31(27(32)18-34-25)8-7-30-9-11-33-12-10-30/h3-6,13-17H,7-12,18H2,1-2H3,(H,28,29)/p+1. The van der Waals surface area contributed by atoms with E-state index < -0.39 is 0 Å². The highest BCUT2D eigenvalue weighted by Crippen LogP contribution is 2.36. The van der Waals surface area contributed by atoms with Crippen LogP contribution in [0.2, 0.25) is 0 Å². The summed E-state index contributed by atoms with van der Waals surface area (Å²) in [6.45, 7) is 9.07. The number of aryl methyl sites for hydroxylation is 2. The Balaban J connectivity index is 1.38. The number of rotatable bonds is 6. The number of carbonyl (C=O) groups excluding carboxylic acids is 1. The first-order valence-corrected chi connectivity index (χ1v) is 11.8. The Bertz CT molecular complexity index is 1170. The van der Waals surface area contributed by atoms with Gasteiger partial charge in [-0.3, -0.25) is 15.0 Å². The summed E-state index contributed by atoms with van der Waals surface area (Å²) in [7, 11) is 0. The van der Waals surface area contributed by atoms with Crippen LogP contribution in [-0.2, 0) is 9.53 Å². The lowest BCUT2D eigenvalue weighted by atomic mass is 10.0. The molecule has 0 spiro atoms. The minimum atomic E-state index is -0.00326. The fourth-order valence-electron chi connectivity index (χ4n) is 4.66. The van der Waals surface area contributed by atoms with Crippen LogP contribution in [0.3, 0.4) is 0 Å². The van der Waals surface area contributed by atoms with E-state index in [1.54, 1.807) is 0 Å². The predicted octanol–water partition coefficient (Wildman–Crippen LogP) is 2.95. The van der Waals surface area contributed by atoms with Gasteiger partial charge in [-0.2, -0.15) is 0 Å². The first-order chi connectivity index (χ1) is 16.5. The molecular formula is C27H31N4O3+. The summed E-state index contributed by atoms with van der Waals surface area (Å²) < 4.78 is 11.2. The fourth-order valence-corrected chi connectivity index (χ4v) is 4.66. The zero-order valence-electron chi connectivity index (χ0n) is 19.8. The lowest BCUT2D eigenvalue weighted by Crippen LogP contribution is -2.71. The number of amides is 1. The number of nitrogens with two attached hydrogens (primary N) is 1. The molecular weight excluding hydrogens is 428 g/mol. The summed E-state index contributed by atoms with van der Waals surface area (Å²) in [6, 6.07) is 16.7. The van der Waals surface area contributed by atoms with Gasteiger partial charge >= 0.3 is 0 Å². The van der Waals surface area contributed by atoms with Gasteiger partial charge < -0.3 is 14.4 Å². The first kappa shape index (κ1) is 22.5. The molecule has 2 aliphatic heterocycles. The first-order valence-electron chi connectivity index (χ1n) is 11.8. The number of hydrogen-bond acceptors (Lipinski definition) is 5.